The Morgan fingerprint density at radius 2 is 2.29 bits per heavy atom. The van der Waals surface area contributed by atoms with Crippen LogP contribution in [0.2, 0.25) is 0 Å². The van der Waals surface area contributed by atoms with Crippen LogP contribution in [0, 0.1) is 0 Å². The van der Waals surface area contributed by atoms with E-state index in [1.54, 1.807) is 11.3 Å². The van der Waals surface area contributed by atoms with Crippen LogP contribution in [-0.4, -0.2) is 11.9 Å². The van der Waals surface area contributed by atoms with Gasteiger partial charge in [-0.15, -0.1) is 11.3 Å². The van der Waals surface area contributed by atoms with Crippen LogP contribution in [0.25, 0.3) is 0 Å². The predicted molar refractivity (Wildman–Crippen MR) is 60.6 cm³/mol. The number of hydrogen-bond acceptors (Lipinski definition) is 3. The first-order valence-electron chi connectivity index (χ1n) is 4.67. The first-order chi connectivity index (χ1) is 6.59. The van der Waals surface area contributed by atoms with Gasteiger partial charge in [-0.05, 0) is 11.4 Å². The number of rotatable bonds is 4. The zero-order chi connectivity index (χ0) is 10.6. The van der Waals surface area contributed by atoms with Gasteiger partial charge < -0.3 is 10.6 Å². The molecule has 1 aromatic rings. The Bertz CT molecular complexity index is 307. The molecule has 1 aromatic heterocycles. The van der Waals surface area contributed by atoms with Crippen molar-refractivity contribution in [1.82, 2.24) is 5.32 Å². The van der Waals surface area contributed by atoms with E-state index < -0.39 is 0 Å². The standard InChI is InChI=1S/C10H16N2OS/c1-7(2)11-6-10-9(4-5-14-10)12-8(3)13/h4-5,7,11H,6H2,1-3H3,(H,12,13). The Balaban J connectivity index is 2.58. The maximum absolute atomic E-state index is 10.9. The highest BCUT2D eigenvalue weighted by molar-refractivity contribution is 7.10. The molecule has 0 saturated heterocycles. The summed E-state index contributed by atoms with van der Waals surface area (Å²) in [6.07, 6.45) is 0. The van der Waals surface area contributed by atoms with Crippen LogP contribution in [0.5, 0.6) is 0 Å². The molecule has 4 heteroatoms. The van der Waals surface area contributed by atoms with Crippen molar-refractivity contribution in [3.05, 3.63) is 16.3 Å². The average Bonchev–Trinajstić information content (AvgIpc) is 2.47. The summed E-state index contributed by atoms with van der Waals surface area (Å²) < 4.78 is 0. The van der Waals surface area contributed by atoms with Gasteiger partial charge in [-0.3, -0.25) is 4.79 Å². The molecule has 14 heavy (non-hydrogen) atoms. The van der Waals surface area contributed by atoms with Gasteiger partial charge in [-0.2, -0.15) is 0 Å². The van der Waals surface area contributed by atoms with E-state index in [9.17, 15) is 4.79 Å². The Hall–Kier alpha value is -0.870. The van der Waals surface area contributed by atoms with Crippen molar-refractivity contribution in [3.63, 3.8) is 0 Å². The third-order valence-corrected chi connectivity index (χ3v) is 2.65. The molecular weight excluding hydrogens is 196 g/mol. The lowest BCUT2D eigenvalue weighted by molar-refractivity contribution is -0.114. The Kier molecular flexibility index (Phi) is 4.10. The Labute approximate surface area is 88.5 Å². The largest absolute Gasteiger partial charge is 0.325 e. The highest BCUT2D eigenvalue weighted by Crippen LogP contribution is 2.21. The van der Waals surface area contributed by atoms with Crippen molar-refractivity contribution >= 4 is 22.9 Å². The molecular formula is C10H16N2OS. The monoisotopic (exact) mass is 212 g/mol. The van der Waals surface area contributed by atoms with Crippen molar-refractivity contribution in [2.45, 2.75) is 33.4 Å². The molecule has 78 valence electrons. The summed E-state index contributed by atoms with van der Waals surface area (Å²) in [5, 5.41) is 8.12. The molecule has 0 fully saturated rings. The van der Waals surface area contributed by atoms with Crippen LogP contribution < -0.4 is 10.6 Å². The van der Waals surface area contributed by atoms with E-state index in [1.807, 2.05) is 11.4 Å². The summed E-state index contributed by atoms with van der Waals surface area (Å²) in [5.41, 5.74) is 0.927. The zero-order valence-corrected chi connectivity index (χ0v) is 9.57. The molecule has 0 bridgehead atoms. The minimum atomic E-state index is -0.0193. The molecule has 1 heterocycles. The molecule has 0 radical (unpaired) electrons. The summed E-state index contributed by atoms with van der Waals surface area (Å²) in [7, 11) is 0. The maximum atomic E-state index is 10.9. The fourth-order valence-corrected chi connectivity index (χ4v) is 1.86. The number of nitrogens with one attached hydrogen (secondary N) is 2. The van der Waals surface area contributed by atoms with E-state index in [1.165, 1.54) is 11.8 Å². The topological polar surface area (TPSA) is 41.1 Å². The maximum Gasteiger partial charge on any atom is 0.221 e. The molecule has 3 nitrogen and oxygen atoms in total. The van der Waals surface area contributed by atoms with Gasteiger partial charge in [0.1, 0.15) is 0 Å². The number of hydrogen-bond donors (Lipinski definition) is 2. The van der Waals surface area contributed by atoms with Gasteiger partial charge in [0.05, 0.1) is 5.69 Å². The smallest absolute Gasteiger partial charge is 0.221 e. The van der Waals surface area contributed by atoms with Crippen LogP contribution in [0.4, 0.5) is 5.69 Å². The van der Waals surface area contributed by atoms with E-state index in [0.717, 1.165) is 12.2 Å². The normalized spacial score (nSPS) is 10.6. The van der Waals surface area contributed by atoms with Crippen molar-refractivity contribution in [1.29, 1.82) is 0 Å². The molecule has 1 rings (SSSR count). The van der Waals surface area contributed by atoms with Gasteiger partial charge in [-0.25, -0.2) is 0 Å². The molecule has 0 aromatic carbocycles. The van der Waals surface area contributed by atoms with Gasteiger partial charge >= 0.3 is 0 Å². The fraction of sp³-hybridized carbons (Fsp3) is 0.500. The number of anilines is 1. The second-order valence-electron chi connectivity index (χ2n) is 3.47. The number of amides is 1. The van der Waals surface area contributed by atoms with Crippen LogP contribution in [-0.2, 0) is 11.3 Å². The Morgan fingerprint density at radius 3 is 2.86 bits per heavy atom. The predicted octanol–water partition coefficient (Wildman–Crippen LogP) is 2.20. The molecule has 0 unspecified atom stereocenters. The molecule has 1 amide bonds. The second kappa shape index (κ2) is 5.12. The van der Waals surface area contributed by atoms with Crippen LogP contribution in [0.3, 0.4) is 0 Å². The minimum absolute atomic E-state index is 0.0193. The molecule has 0 saturated carbocycles. The second-order valence-corrected chi connectivity index (χ2v) is 4.47. The van der Waals surface area contributed by atoms with Gasteiger partial charge in [0.2, 0.25) is 5.91 Å². The lowest BCUT2D eigenvalue weighted by atomic mass is 10.3. The van der Waals surface area contributed by atoms with Gasteiger partial charge in [-0.1, -0.05) is 13.8 Å². The van der Waals surface area contributed by atoms with E-state index >= 15 is 0 Å². The van der Waals surface area contributed by atoms with Crippen LogP contribution in [0.1, 0.15) is 25.6 Å². The molecule has 0 aliphatic rings. The van der Waals surface area contributed by atoms with Gasteiger partial charge in [0, 0.05) is 24.4 Å². The summed E-state index contributed by atoms with van der Waals surface area (Å²) in [6, 6.07) is 2.39. The third-order valence-electron chi connectivity index (χ3n) is 1.73. The highest BCUT2D eigenvalue weighted by Gasteiger charge is 2.05. The third kappa shape index (κ3) is 3.47. The SMILES string of the molecule is CC(=O)Nc1ccsc1CNC(C)C. The number of carbonyl (C=O) groups excluding carboxylic acids is 1. The minimum Gasteiger partial charge on any atom is -0.325 e. The van der Waals surface area contributed by atoms with E-state index in [-0.39, 0.29) is 5.91 Å². The lowest BCUT2D eigenvalue weighted by Gasteiger charge is -2.08. The Morgan fingerprint density at radius 1 is 1.57 bits per heavy atom. The first-order valence-corrected chi connectivity index (χ1v) is 5.55. The quantitative estimate of drug-likeness (QED) is 0.803. The molecule has 0 aliphatic carbocycles. The molecule has 2 N–H and O–H groups in total. The molecule has 0 atom stereocenters. The van der Waals surface area contributed by atoms with Gasteiger partial charge in [0.25, 0.3) is 0 Å². The molecule has 0 aliphatic heterocycles. The highest BCUT2D eigenvalue weighted by atomic mass is 32.1. The lowest BCUT2D eigenvalue weighted by Crippen LogP contribution is -2.22. The van der Waals surface area contributed by atoms with E-state index in [0.29, 0.717) is 6.04 Å². The van der Waals surface area contributed by atoms with E-state index in [4.69, 9.17) is 0 Å². The summed E-state index contributed by atoms with van der Waals surface area (Å²) >= 11 is 1.66. The zero-order valence-electron chi connectivity index (χ0n) is 8.76. The molecule has 0 spiro atoms. The number of thiophene rings is 1. The van der Waals surface area contributed by atoms with Crippen molar-refractivity contribution in [3.8, 4) is 0 Å². The first kappa shape index (κ1) is 11.2. The summed E-state index contributed by atoms with van der Waals surface area (Å²) in [5.74, 6) is -0.0193. The van der Waals surface area contributed by atoms with Crippen molar-refractivity contribution in [2.75, 3.05) is 5.32 Å². The average molecular weight is 212 g/mol. The number of carbonyl (C=O) groups is 1. The fourth-order valence-electron chi connectivity index (χ4n) is 1.08. The van der Waals surface area contributed by atoms with Crippen LogP contribution >= 0.6 is 11.3 Å². The summed E-state index contributed by atoms with van der Waals surface area (Å²) in [4.78, 5) is 12.0. The van der Waals surface area contributed by atoms with Crippen molar-refractivity contribution < 1.29 is 4.79 Å². The van der Waals surface area contributed by atoms with Gasteiger partial charge in [0.15, 0.2) is 0 Å². The van der Waals surface area contributed by atoms with Crippen molar-refractivity contribution in [2.24, 2.45) is 0 Å². The summed E-state index contributed by atoms with van der Waals surface area (Å²) in [6.45, 7) is 6.54. The van der Waals surface area contributed by atoms with Crippen LogP contribution in [0.15, 0.2) is 11.4 Å². The van der Waals surface area contributed by atoms with E-state index in [2.05, 4.69) is 24.5 Å².